The maximum atomic E-state index is 11.6. The van der Waals surface area contributed by atoms with Crippen LogP contribution < -0.4 is 4.90 Å². The van der Waals surface area contributed by atoms with E-state index in [1.807, 2.05) is 13.0 Å². The molecule has 1 aromatic heterocycles. The molecule has 6 nitrogen and oxygen atoms in total. The van der Waals surface area contributed by atoms with E-state index >= 15 is 0 Å². The molecule has 0 radical (unpaired) electrons. The molecule has 148 valence electrons. The Morgan fingerprint density at radius 2 is 1.75 bits per heavy atom. The predicted octanol–water partition coefficient (Wildman–Crippen LogP) is 2.07. The summed E-state index contributed by atoms with van der Waals surface area (Å²) < 4.78 is 5.55. The number of morpholine rings is 1. The smallest absolute Gasteiger partial charge is 0.151 e. The monoisotopic (exact) mass is 380 g/mol. The fraction of sp³-hybridized carbons (Fsp3) is 0.545. The van der Waals surface area contributed by atoms with Crippen molar-refractivity contribution in [3.05, 3.63) is 53.2 Å². The highest BCUT2D eigenvalue weighted by Gasteiger charge is 2.54. The third-order valence-electron chi connectivity index (χ3n) is 6.88. The van der Waals surface area contributed by atoms with Gasteiger partial charge in [0.05, 0.1) is 31.1 Å². The molecule has 0 amide bonds. The zero-order valence-electron chi connectivity index (χ0n) is 16.4. The van der Waals surface area contributed by atoms with E-state index in [2.05, 4.69) is 50.3 Å². The van der Waals surface area contributed by atoms with E-state index in [4.69, 9.17) is 4.74 Å². The molecule has 28 heavy (non-hydrogen) atoms. The van der Waals surface area contributed by atoms with E-state index in [0.717, 1.165) is 63.7 Å². The van der Waals surface area contributed by atoms with Crippen molar-refractivity contribution >= 4 is 5.82 Å². The van der Waals surface area contributed by atoms with Crippen molar-refractivity contribution in [1.82, 2.24) is 15.1 Å². The second-order valence-corrected chi connectivity index (χ2v) is 8.30. The number of aryl methyl sites for hydroxylation is 1. The molecule has 3 aliphatic rings. The zero-order valence-corrected chi connectivity index (χ0v) is 16.4. The highest BCUT2D eigenvalue weighted by atomic mass is 16.5. The van der Waals surface area contributed by atoms with E-state index in [0.29, 0.717) is 0 Å². The Kier molecular flexibility index (Phi) is 4.57. The predicted molar refractivity (Wildman–Crippen MR) is 107 cm³/mol. The molecule has 0 unspecified atom stereocenters. The Hall–Kier alpha value is -2.02. The summed E-state index contributed by atoms with van der Waals surface area (Å²) in [6, 6.07) is 12.8. The summed E-state index contributed by atoms with van der Waals surface area (Å²) in [5.74, 6) is 0.936. The lowest BCUT2D eigenvalue weighted by molar-refractivity contribution is -0.0417. The van der Waals surface area contributed by atoms with Crippen LogP contribution in [0.3, 0.4) is 0 Å². The Labute approximate surface area is 166 Å². The van der Waals surface area contributed by atoms with Crippen LogP contribution in [0.5, 0.6) is 0 Å². The summed E-state index contributed by atoms with van der Waals surface area (Å²) in [5, 5.41) is 20.2. The zero-order chi connectivity index (χ0) is 19.1. The van der Waals surface area contributed by atoms with Gasteiger partial charge in [0.2, 0.25) is 0 Å². The summed E-state index contributed by atoms with van der Waals surface area (Å²) >= 11 is 0. The van der Waals surface area contributed by atoms with Crippen molar-refractivity contribution in [2.45, 2.75) is 37.3 Å². The molecule has 2 aliphatic heterocycles. The van der Waals surface area contributed by atoms with E-state index in [9.17, 15) is 5.11 Å². The van der Waals surface area contributed by atoms with Crippen LogP contribution in [-0.4, -0.2) is 65.7 Å². The number of aliphatic hydroxyl groups excluding tert-OH is 1. The number of rotatable bonds is 2. The third kappa shape index (κ3) is 2.82. The minimum Gasteiger partial charge on any atom is -0.390 e. The summed E-state index contributed by atoms with van der Waals surface area (Å²) in [7, 11) is 0. The summed E-state index contributed by atoms with van der Waals surface area (Å²) in [6.45, 7) is 7.00. The number of anilines is 1. The van der Waals surface area contributed by atoms with Crippen LogP contribution in [0.15, 0.2) is 36.4 Å². The van der Waals surface area contributed by atoms with Crippen molar-refractivity contribution in [3.63, 3.8) is 0 Å². The largest absolute Gasteiger partial charge is 0.390 e. The Balaban J connectivity index is 1.42. The number of fused-ring (bicyclic) bond motifs is 2. The highest BCUT2D eigenvalue weighted by Crippen LogP contribution is 2.53. The average molecular weight is 380 g/mol. The fourth-order valence-corrected chi connectivity index (χ4v) is 5.35. The molecule has 2 saturated heterocycles. The number of aromatic nitrogens is 2. The lowest BCUT2D eigenvalue weighted by atomic mass is 9.72. The molecule has 0 bridgehead atoms. The van der Waals surface area contributed by atoms with Gasteiger partial charge in [-0.2, -0.15) is 5.10 Å². The van der Waals surface area contributed by atoms with Gasteiger partial charge in [-0.25, -0.2) is 0 Å². The molecule has 2 fully saturated rings. The Morgan fingerprint density at radius 3 is 2.46 bits per heavy atom. The maximum Gasteiger partial charge on any atom is 0.151 e. The Morgan fingerprint density at radius 1 is 1.00 bits per heavy atom. The van der Waals surface area contributed by atoms with Gasteiger partial charge >= 0.3 is 0 Å². The van der Waals surface area contributed by atoms with Crippen LogP contribution in [0.2, 0.25) is 0 Å². The number of hydrogen-bond acceptors (Lipinski definition) is 6. The molecule has 1 N–H and O–H groups in total. The molecule has 1 aliphatic carbocycles. The van der Waals surface area contributed by atoms with Crippen LogP contribution >= 0.6 is 0 Å². The van der Waals surface area contributed by atoms with Crippen molar-refractivity contribution in [1.29, 1.82) is 0 Å². The molecular formula is C22H28N4O2. The van der Waals surface area contributed by atoms with E-state index in [-0.39, 0.29) is 17.6 Å². The van der Waals surface area contributed by atoms with E-state index in [1.165, 1.54) is 11.1 Å². The number of benzene rings is 1. The molecule has 2 aromatic rings. The van der Waals surface area contributed by atoms with Gasteiger partial charge in [0.25, 0.3) is 0 Å². The van der Waals surface area contributed by atoms with E-state index < -0.39 is 0 Å². The molecule has 1 aromatic carbocycles. The van der Waals surface area contributed by atoms with Crippen LogP contribution in [0, 0.1) is 6.92 Å². The molecule has 3 heterocycles. The molecule has 5 rings (SSSR count). The summed E-state index contributed by atoms with van der Waals surface area (Å²) in [4.78, 5) is 4.72. The van der Waals surface area contributed by atoms with Gasteiger partial charge < -0.3 is 14.7 Å². The Bertz CT molecular complexity index is 827. The van der Waals surface area contributed by atoms with Crippen LogP contribution in [0.4, 0.5) is 5.82 Å². The quantitative estimate of drug-likeness (QED) is 0.861. The fourth-order valence-electron chi connectivity index (χ4n) is 5.35. The molecule has 6 heteroatoms. The number of hydrogen-bond donors (Lipinski definition) is 1. The molecular weight excluding hydrogens is 352 g/mol. The van der Waals surface area contributed by atoms with Crippen molar-refractivity contribution in [2.75, 3.05) is 44.3 Å². The van der Waals surface area contributed by atoms with Crippen molar-refractivity contribution < 1.29 is 9.84 Å². The van der Waals surface area contributed by atoms with Gasteiger partial charge in [-0.15, -0.1) is 5.10 Å². The second-order valence-electron chi connectivity index (χ2n) is 8.30. The highest BCUT2D eigenvalue weighted by molar-refractivity contribution is 5.48. The van der Waals surface area contributed by atoms with Crippen LogP contribution in [0.1, 0.15) is 35.7 Å². The van der Waals surface area contributed by atoms with Gasteiger partial charge in [-0.3, -0.25) is 4.90 Å². The average Bonchev–Trinajstić information content (AvgIpc) is 2.98. The molecule has 1 spiro atoms. The number of aliphatic hydroxyl groups is 1. The van der Waals surface area contributed by atoms with Crippen LogP contribution in [-0.2, 0) is 10.2 Å². The maximum absolute atomic E-state index is 11.6. The van der Waals surface area contributed by atoms with Gasteiger partial charge in [0, 0.05) is 31.6 Å². The minimum atomic E-state index is -0.380. The summed E-state index contributed by atoms with van der Waals surface area (Å²) in [6.07, 6.45) is 1.48. The van der Waals surface area contributed by atoms with Crippen molar-refractivity contribution in [3.8, 4) is 0 Å². The first kappa shape index (κ1) is 18.0. The first-order chi connectivity index (χ1) is 13.7. The van der Waals surface area contributed by atoms with Gasteiger partial charge in [0.1, 0.15) is 0 Å². The molecule has 2 atom stereocenters. The SMILES string of the molecule is Cc1ccc(N2CCC3(CC2)c2ccccc2[C@@H](N2CCOCC2)[C@@H]3O)nn1. The number of piperidine rings is 1. The number of nitrogens with zero attached hydrogens (tertiary/aromatic N) is 4. The molecule has 0 saturated carbocycles. The summed E-state index contributed by atoms with van der Waals surface area (Å²) in [5.41, 5.74) is 3.41. The van der Waals surface area contributed by atoms with Gasteiger partial charge in [0.15, 0.2) is 5.82 Å². The normalized spacial score (nSPS) is 27.1. The lowest BCUT2D eigenvalue weighted by Crippen LogP contribution is -2.51. The van der Waals surface area contributed by atoms with Gasteiger partial charge in [-0.05, 0) is 43.0 Å². The van der Waals surface area contributed by atoms with Crippen molar-refractivity contribution in [2.24, 2.45) is 0 Å². The lowest BCUT2D eigenvalue weighted by Gasteiger charge is -2.44. The number of ether oxygens (including phenoxy) is 1. The minimum absolute atomic E-state index is 0.0748. The third-order valence-corrected chi connectivity index (χ3v) is 6.88. The first-order valence-corrected chi connectivity index (χ1v) is 10.3. The first-order valence-electron chi connectivity index (χ1n) is 10.3. The van der Waals surface area contributed by atoms with Crippen LogP contribution in [0.25, 0.3) is 0 Å². The van der Waals surface area contributed by atoms with Gasteiger partial charge in [-0.1, -0.05) is 24.3 Å². The standard InChI is InChI=1S/C22H28N4O2/c1-16-6-7-19(24-23-16)25-10-8-22(9-11-25)18-5-3-2-4-17(18)20(21(22)27)26-12-14-28-15-13-26/h2-7,20-21,27H,8-15H2,1H3/t20-,21+/m1/s1. The topological polar surface area (TPSA) is 61.7 Å². The second kappa shape index (κ2) is 7.10. The van der Waals surface area contributed by atoms with E-state index in [1.54, 1.807) is 0 Å².